The van der Waals surface area contributed by atoms with E-state index < -0.39 is 0 Å². The molecule has 1 fully saturated rings. The van der Waals surface area contributed by atoms with Gasteiger partial charge in [0.15, 0.2) is 0 Å². The summed E-state index contributed by atoms with van der Waals surface area (Å²) in [6, 6.07) is 10.7. The van der Waals surface area contributed by atoms with E-state index in [1.54, 1.807) is 4.90 Å². The standard InChI is InChI=1S/C16H24N2O2/c1-3-14(4-2)17-15-10-18(11-15)16(19)20-12-13-8-6-5-7-9-13/h5-9,14-15,17H,3-4,10-12H2,1-2H3. The molecule has 1 aromatic rings. The van der Waals surface area contributed by atoms with Gasteiger partial charge >= 0.3 is 6.09 Å². The minimum Gasteiger partial charge on any atom is -0.445 e. The Balaban J connectivity index is 1.66. The van der Waals surface area contributed by atoms with Crippen molar-refractivity contribution in [1.82, 2.24) is 10.2 Å². The Hall–Kier alpha value is -1.55. The van der Waals surface area contributed by atoms with E-state index in [0.29, 0.717) is 18.7 Å². The molecule has 1 heterocycles. The molecule has 0 bridgehead atoms. The largest absolute Gasteiger partial charge is 0.445 e. The van der Waals surface area contributed by atoms with Gasteiger partial charge in [0.25, 0.3) is 0 Å². The third-order valence-corrected chi connectivity index (χ3v) is 3.80. The maximum absolute atomic E-state index is 11.8. The molecule has 1 aliphatic rings. The topological polar surface area (TPSA) is 41.6 Å². The highest BCUT2D eigenvalue weighted by atomic mass is 16.6. The molecule has 0 atom stereocenters. The average Bonchev–Trinajstić information content (AvgIpc) is 2.45. The van der Waals surface area contributed by atoms with Crippen molar-refractivity contribution in [2.75, 3.05) is 13.1 Å². The second-order valence-electron chi connectivity index (χ2n) is 5.32. The third-order valence-electron chi connectivity index (χ3n) is 3.80. The average molecular weight is 276 g/mol. The highest BCUT2D eigenvalue weighted by Gasteiger charge is 2.32. The van der Waals surface area contributed by atoms with Gasteiger partial charge in [-0.25, -0.2) is 4.79 Å². The summed E-state index contributed by atoms with van der Waals surface area (Å²) >= 11 is 0. The monoisotopic (exact) mass is 276 g/mol. The van der Waals surface area contributed by atoms with Crippen molar-refractivity contribution in [3.63, 3.8) is 0 Å². The summed E-state index contributed by atoms with van der Waals surface area (Å²) in [6.45, 7) is 6.23. The molecule has 4 heteroatoms. The quantitative estimate of drug-likeness (QED) is 0.868. The maximum atomic E-state index is 11.8. The van der Waals surface area contributed by atoms with Crippen LogP contribution in [0.15, 0.2) is 30.3 Å². The van der Waals surface area contributed by atoms with Gasteiger partial charge in [-0.3, -0.25) is 0 Å². The van der Waals surface area contributed by atoms with E-state index in [1.807, 2.05) is 30.3 Å². The van der Waals surface area contributed by atoms with E-state index in [9.17, 15) is 4.79 Å². The van der Waals surface area contributed by atoms with E-state index in [0.717, 1.165) is 31.5 Å². The number of hydrogen-bond acceptors (Lipinski definition) is 3. The van der Waals surface area contributed by atoms with Crippen molar-refractivity contribution in [2.24, 2.45) is 0 Å². The number of amides is 1. The lowest BCUT2D eigenvalue weighted by Gasteiger charge is -2.40. The second-order valence-corrected chi connectivity index (χ2v) is 5.32. The van der Waals surface area contributed by atoms with Crippen LogP contribution in [0.1, 0.15) is 32.3 Å². The van der Waals surface area contributed by atoms with Crippen LogP contribution in [0.2, 0.25) is 0 Å². The van der Waals surface area contributed by atoms with Crippen LogP contribution in [0.25, 0.3) is 0 Å². The van der Waals surface area contributed by atoms with E-state index in [1.165, 1.54) is 0 Å². The number of nitrogens with zero attached hydrogens (tertiary/aromatic N) is 1. The van der Waals surface area contributed by atoms with Crippen LogP contribution in [0.3, 0.4) is 0 Å². The number of rotatable bonds is 6. The van der Waals surface area contributed by atoms with Crippen LogP contribution in [0.5, 0.6) is 0 Å². The van der Waals surface area contributed by atoms with Crippen molar-refractivity contribution in [3.8, 4) is 0 Å². The zero-order chi connectivity index (χ0) is 14.4. The number of ether oxygens (including phenoxy) is 1. The Labute approximate surface area is 121 Å². The Morgan fingerprint density at radius 2 is 1.95 bits per heavy atom. The summed E-state index contributed by atoms with van der Waals surface area (Å²) in [7, 11) is 0. The highest BCUT2D eigenvalue weighted by Crippen LogP contribution is 2.13. The van der Waals surface area contributed by atoms with Crippen LogP contribution in [0, 0.1) is 0 Å². The summed E-state index contributed by atoms with van der Waals surface area (Å²) in [5, 5.41) is 3.56. The van der Waals surface area contributed by atoms with Gasteiger partial charge in [0, 0.05) is 25.2 Å². The molecule has 1 N–H and O–H groups in total. The molecule has 0 spiro atoms. The molecule has 1 saturated heterocycles. The minimum atomic E-state index is -0.212. The Bertz CT molecular complexity index is 412. The zero-order valence-corrected chi connectivity index (χ0v) is 12.3. The number of carbonyl (C=O) groups is 1. The van der Waals surface area contributed by atoms with Crippen LogP contribution in [-0.2, 0) is 11.3 Å². The number of carbonyl (C=O) groups excluding carboxylic acids is 1. The Morgan fingerprint density at radius 1 is 1.30 bits per heavy atom. The molecule has 4 nitrogen and oxygen atoms in total. The highest BCUT2D eigenvalue weighted by molar-refractivity contribution is 5.68. The van der Waals surface area contributed by atoms with Crippen LogP contribution in [0.4, 0.5) is 4.79 Å². The summed E-state index contributed by atoms with van der Waals surface area (Å²) < 4.78 is 5.30. The molecule has 1 aliphatic heterocycles. The third kappa shape index (κ3) is 3.97. The smallest absolute Gasteiger partial charge is 0.410 e. The first-order chi connectivity index (χ1) is 9.72. The lowest BCUT2D eigenvalue weighted by atomic mass is 10.1. The molecule has 0 saturated carbocycles. The first kappa shape index (κ1) is 14.9. The first-order valence-electron chi connectivity index (χ1n) is 7.44. The molecule has 0 aliphatic carbocycles. The molecule has 2 rings (SSSR count). The first-order valence-corrected chi connectivity index (χ1v) is 7.44. The molecule has 20 heavy (non-hydrogen) atoms. The van der Waals surface area contributed by atoms with E-state index >= 15 is 0 Å². The van der Waals surface area contributed by atoms with Crippen molar-refractivity contribution in [1.29, 1.82) is 0 Å². The van der Waals surface area contributed by atoms with E-state index in [-0.39, 0.29) is 6.09 Å². The number of likely N-dealkylation sites (tertiary alicyclic amines) is 1. The molecule has 1 amide bonds. The van der Waals surface area contributed by atoms with Crippen molar-refractivity contribution < 1.29 is 9.53 Å². The molecular weight excluding hydrogens is 252 g/mol. The van der Waals surface area contributed by atoms with Gasteiger partial charge in [-0.05, 0) is 18.4 Å². The molecular formula is C16H24N2O2. The maximum Gasteiger partial charge on any atom is 0.410 e. The minimum absolute atomic E-state index is 0.212. The van der Waals surface area contributed by atoms with Crippen molar-refractivity contribution in [3.05, 3.63) is 35.9 Å². The normalized spacial score (nSPS) is 15.2. The number of benzene rings is 1. The van der Waals surface area contributed by atoms with Crippen LogP contribution >= 0.6 is 0 Å². The van der Waals surface area contributed by atoms with Gasteiger partial charge in [0.05, 0.1) is 0 Å². The fraction of sp³-hybridized carbons (Fsp3) is 0.562. The van der Waals surface area contributed by atoms with Crippen molar-refractivity contribution in [2.45, 2.75) is 45.4 Å². The SMILES string of the molecule is CCC(CC)NC1CN(C(=O)OCc2ccccc2)C1. The zero-order valence-electron chi connectivity index (χ0n) is 12.3. The van der Waals surface area contributed by atoms with Gasteiger partial charge in [-0.2, -0.15) is 0 Å². The lowest BCUT2D eigenvalue weighted by Crippen LogP contribution is -2.61. The van der Waals surface area contributed by atoms with Crippen molar-refractivity contribution >= 4 is 6.09 Å². The molecule has 110 valence electrons. The Morgan fingerprint density at radius 3 is 2.55 bits per heavy atom. The predicted octanol–water partition coefficient (Wildman–Crippen LogP) is 2.79. The molecule has 0 unspecified atom stereocenters. The molecule has 1 aromatic carbocycles. The second kappa shape index (κ2) is 7.29. The van der Waals surface area contributed by atoms with E-state index in [4.69, 9.17) is 4.74 Å². The van der Waals surface area contributed by atoms with Gasteiger partial charge < -0.3 is 15.0 Å². The summed E-state index contributed by atoms with van der Waals surface area (Å²) in [4.78, 5) is 13.6. The van der Waals surface area contributed by atoms with Gasteiger partial charge in [-0.1, -0.05) is 44.2 Å². The fourth-order valence-electron chi connectivity index (χ4n) is 2.40. The Kier molecular flexibility index (Phi) is 5.41. The van der Waals surface area contributed by atoms with Gasteiger partial charge in [0.2, 0.25) is 0 Å². The van der Waals surface area contributed by atoms with Gasteiger partial charge in [-0.15, -0.1) is 0 Å². The van der Waals surface area contributed by atoms with Gasteiger partial charge in [0.1, 0.15) is 6.61 Å². The fourth-order valence-corrected chi connectivity index (χ4v) is 2.40. The van der Waals surface area contributed by atoms with Crippen LogP contribution < -0.4 is 5.32 Å². The molecule has 0 radical (unpaired) electrons. The molecule has 0 aromatic heterocycles. The predicted molar refractivity (Wildman–Crippen MR) is 79.5 cm³/mol. The summed E-state index contributed by atoms with van der Waals surface area (Å²) in [6.07, 6.45) is 2.05. The lowest BCUT2D eigenvalue weighted by molar-refractivity contribution is 0.0574. The van der Waals surface area contributed by atoms with E-state index in [2.05, 4.69) is 19.2 Å². The number of nitrogens with one attached hydrogen (secondary N) is 1. The van der Waals surface area contributed by atoms with Crippen LogP contribution in [-0.4, -0.2) is 36.2 Å². The summed E-state index contributed by atoms with van der Waals surface area (Å²) in [5.74, 6) is 0. The number of hydrogen-bond donors (Lipinski definition) is 1. The summed E-state index contributed by atoms with van der Waals surface area (Å²) in [5.41, 5.74) is 1.02.